The molecule has 1 N–H and O–H groups in total. The molecule has 2 nitrogen and oxygen atoms in total. The van der Waals surface area contributed by atoms with E-state index in [1.807, 2.05) is 12.2 Å². The Balaban J connectivity index is 1.12. The molecule has 9 aromatic rings. The molecule has 0 radical (unpaired) electrons. The molecule has 9 aromatic carbocycles. The number of nitrogens with zero attached hydrogens (tertiary/aromatic N) is 1. The van der Waals surface area contributed by atoms with Gasteiger partial charge < -0.3 is 10.3 Å². The van der Waals surface area contributed by atoms with Crippen LogP contribution < -0.4 is 4.90 Å². The average molecular weight is 767 g/mol. The van der Waals surface area contributed by atoms with E-state index in [0.717, 1.165) is 22.6 Å². The quantitative estimate of drug-likeness (QED) is 0.121. The molecule has 0 amide bonds. The van der Waals surface area contributed by atoms with Crippen LogP contribution in [0.4, 0.5) is 11.4 Å². The molecule has 0 spiro atoms. The number of hydrogen-bond acceptors (Lipinski definition) is 2. The summed E-state index contributed by atoms with van der Waals surface area (Å²) < 4.78 is 0. The summed E-state index contributed by atoms with van der Waals surface area (Å²) in [7, 11) is 0. The van der Waals surface area contributed by atoms with Crippen LogP contribution in [0.15, 0.2) is 206 Å². The Morgan fingerprint density at radius 1 is 0.467 bits per heavy atom. The molecule has 0 fully saturated rings. The van der Waals surface area contributed by atoms with Gasteiger partial charge in [0.1, 0.15) is 0 Å². The van der Waals surface area contributed by atoms with E-state index in [1.165, 1.54) is 100 Å². The van der Waals surface area contributed by atoms with Crippen molar-refractivity contribution in [2.45, 2.75) is 19.3 Å². The zero-order valence-corrected chi connectivity index (χ0v) is 33.7. The van der Waals surface area contributed by atoms with E-state index in [4.69, 9.17) is 5.41 Å². The van der Waals surface area contributed by atoms with Crippen molar-refractivity contribution in [3.05, 3.63) is 218 Å². The Morgan fingerprint density at radius 2 is 0.983 bits per heavy atom. The second-order valence-corrected chi connectivity index (χ2v) is 16.4. The van der Waals surface area contributed by atoms with Crippen LogP contribution in [0, 0.1) is 5.41 Å². The van der Waals surface area contributed by atoms with E-state index in [-0.39, 0.29) is 5.41 Å². The van der Waals surface area contributed by atoms with Gasteiger partial charge in [-0.1, -0.05) is 178 Å². The molecule has 2 aliphatic rings. The van der Waals surface area contributed by atoms with Gasteiger partial charge >= 0.3 is 0 Å². The van der Waals surface area contributed by atoms with E-state index in [0.29, 0.717) is 0 Å². The summed E-state index contributed by atoms with van der Waals surface area (Å²) in [5.74, 6) is 0. The Hall–Kier alpha value is -7.55. The molecule has 0 unspecified atom stereocenters. The average Bonchev–Trinajstić information content (AvgIpc) is 3.74. The van der Waals surface area contributed by atoms with Gasteiger partial charge in [0, 0.05) is 28.7 Å². The van der Waals surface area contributed by atoms with E-state index in [1.54, 1.807) is 0 Å². The number of benzene rings is 9. The molecule has 2 heteroatoms. The first-order valence-corrected chi connectivity index (χ1v) is 20.7. The predicted molar refractivity (Wildman–Crippen MR) is 255 cm³/mol. The van der Waals surface area contributed by atoms with Crippen LogP contribution >= 0.6 is 0 Å². The van der Waals surface area contributed by atoms with Crippen LogP contribution in [0.3, 0.4) is 0 Å². The molecule has 0 bridgehead atoms. The fraction of sp³-hybridized carbons (Fsp3) is 0.0517. The number of fused-ring (bicyclic) bond motifs is 7. The van der Waals surface area contributed by atoms with Crippen LogP contribution in [-0.2, 0) is 5.41 Å². The summed E-state index contributed by atoms with van der Waals surface area (Å²) in [4.78, 5) is 2.24. The summed E-state index contributed by atoms with van der Waals surface area (Å²) in [6.07, 6.45) is 5.01. The minimum absolute atomic E-state index is 0.149. The molecule has 0 aliphatic heterocycles. The van der Waals surface area contributed by atoms with Crippen molar-refractivity contribution in [1.29, 1.82) is 5.41 Å². The molecule has 284 valence electrons. The smallest absolute Gasteiger partial charge is 0.0470 e. The van der Waals surface area contributed by atoms with Crippen LogP contribution in [0.25, 0.3) is 88.3 Å². The largest absolute Gasteiger partial charge is 0.310 e. The standard InChI is InChI=1S/C58H42N2/c1-4-40(33-34-59)60(42-29-30-45-44-23-13-14-28-51(44)58(2,3)52(45)36-42)41-22-15-21-39(35-41)43-31-32-50-55-46(43)26-16-27-49(55)56-53(37-17-7-5-8-18-37)47-24-11-12-25-48(47)54(57(50)56)38-19-9-6-10-20-38/h4-36,59H,1H2,2-3H3/b40-33+,59-34?. The predicted octanol–water partition coefficient (Wildman–Crippen LogP) is 15.8. The summed E-state index contributed by atoms with van der Waals surface area (Å²) in [6, 6.07) is 66.7. The minimum atomic E-state index is -0.149. The molecular formula is C58H42N2. The first-order valence-electron chi connectivity index (χ1n) is 20.7. The molecule has 0 aromatic heterocycles. The van der Waals surface area contributed by atoms with Crippen molar-refractivity contribution in [3.8, 4) is 66.8 Å². The lowest BCUT2D eigenvalue weighted by Gasteiger charge is -2.29. The molecular weight excluding hydrogens is 725 g/mol. The monoisotopic (exact) mass is 766 g/mol. The Morgan fingerprint density at radius 3 is 1.67 bits per heavy atom. The summed E-state index contributed by atoms with van der Waals surface area (Å²) >= 11 is 0. The zero-order chi connectivity index (χ0) is 40.5. The van der Waals surface area contributed by atoms with Gasteiger partial charge in [0.25, 0.3) is 0 Å². The van der Waals surface area contributed by atoms with Gasteiger partial charge in [-0.05, 0) is 136 Å². The highest BCUT2D eigenvalue weighted by molar-refractivity contribution is 6.28. The van der Waals surface area contributed by atoms with E-state index < -0.39 is 0 Å². The number of nitrogens with one attached hydrogen (secondary N) is 1. The zero-order valence-electron chi connectivity index (χ0n) is 33.7. The molecule has 2 aliphatic carbocycles. The number of allylic oxidation sites excluding steroid dienone is 2. The lowest BCUT2D eigenvalue weighted by molar-refractivity contribution is 0.660. The van der Waals surface area contributed by atoms with Gasteiger partial charge in [-0.3, -0.25) is 0 Å². The molecule has 11 rings (SSSR count). The maximum absolute atomic E-state index is 8.11. The third kappa shape index (κ3) is 5.24. The lowest BCUT2D eigenvalue weighted by Crippen LogP contribution is -2.18. The summed E-state index contributed by atoms with van der Waals surface area (Å²) in [6.45, 7) is 8.85. The van der Waals surface area contributed by atoms with Crippen LogP contribution in [0.2, 0.25) is 0 Å². The van der Waals surface area contributed by atoms with Crippen molar-refractivity contribution in [1.82, 2.24) is 0 Å². The van der Waals surface area contributed by atoms with Crippen molar-refractivity contribution >= 4 is 39.1 Å². The highest BCUT2D eigenvalue weighted by atomic mass is 15.1. The number of rotatable bonds is 8. The maximum atomic E-state index is 8.11. The van der Waals surface area contributed by atoms with Crippen molar-refractivity contribution < 1.29 is 0 Å². The highest BCUT2D eigenvalue weighted by Gasteiger charge is 2.36. The third-order valence-electron chi connectivity index (χ3n) is 12.9. The Kier molecular flexibility index (Phi) is 8.18. The molecule has 0 heterocycles. The first-order chi connectivity index (χ1) is 29.5. The lowest BCUT2D eigenvalue weighted by atomic mass is 9.82. The Labute approximate surface area is 351 Å². The third-order valence-corrected chi connectivity index (χ3v) is 12.9. The van der Waals surface area contributed by atoms with Crippen LogP contribution in [0.1, 0.15) is 25.0 Å². The Bertz CT molecular complexity index is 3170. The summed E-state index contributed by atoms with van der Waals surface area (Å²) in [5.41, 5.74) is 20.4. The van der Waals surface area contributed by atoms with Gasteiger partial charge in [-0.2, -0.15) is 0 Å². The van der Waals surface area contributed by atoms with E-state index >= 15 is 0 Å². The van der Waals surface area contributed by atoms with Gasteiger partial charge in [0.05, 0.1) is 0 Å². The van der Waals surface area contributed by atoms with Gasteiger partial charge in [0.15, 0.2) is 0 Å². The second kappa shape index (κ2) is 13.8. The fourth-order valence-electron chi connectivity index (χ4n) is 10.3. The van der Waals surface area contributed by atoms with Crippen molar-refractivity contribution in [2.24, 2.45) is 0 Å². The highest BCUT2D eigenvalue weighted by Crippen LogP contribution is 2.58. The number of anilines is 2. The second-order valence-electron chi connectivity index (χ2n) is 16.4. The first kappa shape index (κ1) is 35.6. The van der Waals surface area contributed by atoms with Gasteiger partial charge in [0.2, 0.25) is 0 Å². The van der Waals surface area contributed by atoms with Crippen LogP contribution in [0.5, 0.6) is 0 Å². The molecule has 0 saturated heterocycles. The number of hydrogen-bond donors (Lipinski definition) is 1. The minimum Gasteiger partial charge on any atom is -0.310 e. The topological polar surface area (TPSA) is 27.1 Å². The fourth-order valence-corrected chi connectivity index (χ4v) is 10.3. The summed E-state index contributed by atoms with van der Waals surface area (Å²) in [5, 5.41) is 13.1. The molecule has 60 heavy (non-hydrogen) atoms. The van der Waals surface area contributed by atoms with E-state index in [2.05, 4.69) is 207 Å². The van der Waals surface area contributed by atoms with Gasteiger partial charge in [-0.25, -0.2) is 0 Å². The molecule has 0 saturated carbocycles. The van der Waals surface area contributed by atoms with Crippen LogP contribution in [-0.4, -0.2) is 6.21 Å². The van der Waals surface area contributed by atoms with Crippen molar-refractivity contribution in [2.75, 3.05) is 4.90 Å². The van der Waals surface area contributed by atoms with E-state index in [9.17, 15) is 0 Å². The van der Waals surface area contributed by atoms with Gasteiger partial charge in [-0.15, -0.1) is 0 Å². The SMILES string of the molecule is C=C/C(=C\C=N)N(c1cccc(-c2ccc3c4c(cccc24)-c2c-3c(-c3ccccc3)c3ccccc3c2-c2ccccc2)c1)c1ccc2c(c1)C(C)(C)c1ccccc1-2. The maximum Gasteiger partial charge on any atom is 0.0470 e. The normalized spacial score (nSPS) is 13.2. The van der Waals surface area contributed by atoms with Crippen molar-refractivity contribution in [3.63, 3.8) is 0 Å². The molecule has 0 atom stereocenters.